The molecule has 0 radical (unpaired) electrons. The lowest BCUT2D eigenvalue weighted by Gasteiger charge is -2.25. The minimum Gasteiger partial charge on any atom is -0.379 e. The van der Waals surface area contributed by atoms with Gasteiger partial charge in [-0.05, 0) is 0 Å². The summed E-state index contributed by atoms with van der Waals surface area (Å²) in [7, 11) is 0. The topological polar surface area (TPSA) is 41.9 Å². The summed E-state index contributed by atoms with van der Waals surface area (Å²) >= 11 is 0. The van der Waals surface area contributed by atoms with Gasteiger partial charge in [-0.25, -0.2) is 4.89 Å². The summed E-state index contributed by atoms with van der Waals surface area (Å²) < 4.78 is 5.13. The Morgan fingerprint density at radius 2 is 2.10 bits per heavy atom. The van der Waals surface area contributed by atoms with Crippen LogP contribution in [0.2, 0.25) is 0 Å². The Bertz CT molecular complexity index is 83.1. The van der Waals surface area contributed by atoms with Crippen molar-refractivity contribution in [3.05, 3.63) is 0 Å². The first-order chi connectivity index (χ1) is 4.93. The molecule has 60 valence electrons. The highest BCUT2D eigenvalue weighted by Gasteiger charge is 2.08. The maximum atomic E-state index is 8.04. The van der Waals surface area contributed by atoms with E-state index < -0.39 is 0 Å². The number of hydrogen-bond acceptors (Lipinski definition) is 4. The van der Waals surface area contributed by atoms with E-state index in [1.807, 2.05) is 0 Å². The third kappa shape index (κ3) is 2.62. The van der Waals surface area contributed by atoms with Crippen molar-refractivity contribution in [1.29, 1.82) is 0 Å². The number of ether oxygens (including phenoxy) is 1. The number of rotatable bonds is 3. The lowest BCUT2D eigenvalue weighted by molar-refractivity contribution is -0.244. The largest absolute Gasteiger partial charge is 0.379 e. The fraction of sp³-hybridized carbons (Fsp3) is 1.00. The molecule has 1 aliphatic rings. The lowest BCUT2D eigenvalue weighted by Crippen LogP contribution is -2.38. The first-order valence-electron chi connectivity index (χ1n) is 3.50. The van der Waals surface area contributed by atoms with Crippen molar-refractivity contribution >= 4 is 0 Å². The van der Waals surface area contributed by atoms with Gasteiger partial charge in [0.05, 0.1) is 19.8 Å². The van der Waals surface area contributed by atoms with Gasteiger partial charge in [0.1, 0.15) is 0 Å². The van der Waals surface area contributed by atoms with E-state index in [1.54, 1.807) is 0 Å². The Labute approximate surface area is 60.3 Å². The molecular formula is C6H13NO3. The SMILES string of the molecule is OOCCN1CCOCC1. The minimum atomic E-state index is 0.389. The van der Waals surface area contributed by atoms with Crippen molar-refractivity contribution in [2.75, 3.05) is 39.5 Å². The molecule has 4 heteroatoms. The van der Waals surface area contributed by atoms with Gasteiger partial charge in [0.2, 0.25) is 0 Å². The summed E-state index contributed by atoms with van der Waals surface area (Å²) in [6, 6.07) is 0. The van der Waals surface area contributed by atoms with Gasteiger partial charge in [0, 0.05) is 19.6 Å². The maximum absolute atomic E-state index is 8.04. The molecule has 1 N–H and O–H groups in total. The molecular weight excluding hydrogens is 134 g/mol. The third-order valence-corrected chi connectivity index (χ3v) is 1.60. The van der Waals surface area contributed by atoms with Gasteiger partial charge in [-0.3, -0.25) is 10.2 Å². The molecule has 0 saturated carbocycles. The van der Waals surface area contributed by atoms with E-state index in [1.165, 1.54) is 0 Å². The molecule has 0 aromatic rings. The molecule has 0 aromatic heterocycles. The molecule has 0 amide bonds. The standard InChI is InChI=1S/C6H13NO3/c8-10-6-3-7-1-4-9-5-2-7/h8H,1-6H2. The van der Waals surface area contributed by atoms with Crippen LogP contribution in [-0.2, 0) is 9.62 Å². The minimum absolute atomic E-state index is 0.389. The molecule has 4 nitrogen and oxygen atoms in total. The quantitative estimate of drug-likeness (QED) is 0.443. The van der Waals surface area contributed by atoms with Crippen molar-refractivity contribution in [2.45, 2.75) is 0 Å². The van der Waals surface area contributed by atoms with Crippen molar-refractivity contribution in [2.24, 2.45) is 0 Å². The predicted molar refractivity (Wildman–Crippen MR) is 35.8 cm³/mol. The highest BCUT2D eigenvalue weighted by Crippen LogP contribution is 1.94. The molecule has 1 rings (SSSR count). The zero-order valence-electron chi connectivity index (χ0n) is 5.95. The van der Waals surface area contributed by atoms with Gasteiger partial charge in [-0.1, -0.05) is 0 Å². The molecule has 10 heavy (non-hydrogen) atoms. The van der Waals surface area contributed by atoms with Gasteiger partial charge in [-0.15, -0.1) is 0 Å². The summed E-state index contributed by atoms with van der Waals surface area (Å²) in [5.74, 6) is 0. The van der Waals surface area contributed by atoms with Crippen LogP contribution >= 0.6 is 0 Å². The van der Waals surface area contributed by atoms with Crippen LogP contribution in [0, 0.1) is 0 Å². The maximum Gasteiger partial charge on any atom is 0.0946 e. The van der Waals surface area contributed by atoms with Gasteiger partial charge >= 0.3 is 0 Å². The van der Waals surface area contributed by atoms with Crippen molar-refractivity contribution in [1.82, 2.24) is 4.90 Å². The second kappa shape index (κ2) is 4.62. The van der Waals surface area contributed by atoms with Crippen LogP contribution in [0.4, 0.5) is 0 Å². The van der Waals surface area contributed by atoms with E-state index in [0.717, 1.165) is 32.8 Å². The van der Waals surface area contributed by atoms with Crippen molar-refractivity contribution in [3.8, 4) is 0 Å². The van der Waals surface area contributed by atoms with Gasteiger partial charge in [0.25, 0.3) is 0 Å². The van der Waals surface area contributed by atoms with Crippen LogP contribution in [-0.4, -0.2) is 49.6 Å². The average Bonchev–Trinajstić information content (AvgIpc) is 2.03. The van der Waals surface area contributed by atoms with Crippen molar-refractivity contribution in [3.63, 3.8) is 0 Å². The molecule has 1 heterocycles. The molecule has 0 spiro atoms. The van der Waals surface area contributed by atoms with E-state index in [-0.39, 0.29) is 0 Å². The Kier molecular flexibility index (Phi) is 3.67. The van der Waals surface area contributed by atoms with Crippen LogP contribution in [0.25, 0.3) is 0 Å². The normalized spacial score (nSPS) is 21.3. The Morgan fingerprint density at radius 1 is 1.40 bits per heavy atom. The monoisotopic (exact) mass is 147 g/mol. The first-order valence-corrected chi connectivity index (χ1v) is 3.50. The zero-order chi connectivity index (χ0) is 7.23. The summed E-state index contributed by atoms with van der Waals surface area (Å²) in [4.78, 5) is 6.16. The second-order valence-electron chi connectivity index (χ2n) is 2.29. The van der Waals surface area contributed by atoms with Crippen molar-refractivity contribution < 1.29 is 14.9 Å². The molecule has 0 bridgehead atoms. The van der Waals surface area contributed by atoms with E-state index >= 15 is 0 Å². The van der Waals surface area contributed by atoms with Gasteiger partial charge in [-0.2, -0.15) is 0 Å². The van der Waals surface area contributed by atoms with Crippen LogP contribution in [0.1, 0.15) is 0 Å². The first kappa shape index (κ1) is 7.94. The summed E-state index contributed by atoms with van der Waals surface area (Å²) in [5.41, 5.74) is 0. The highest BCUT2D eigenvalue weighted by molar-refractivity contribution is 4.60. The van der Waals surface area contributed by atoms with E-state index in [2.05, 4.69) is 9.79 Å². The average molecular weight is 147 g/mol. The fourth-order valence-corrected chi connectivity index (χ4v) is 0.995. The van der Waals surface area contributed by atoms with Crippen LogP contribution < -0.4 is 0 Å². The molecule has 1 fully saturated rings. The Hall–Kier alpha value is -0.160. The summed E-state index contributed by atoms with van der Waals surface area (Å²) in [6.07, 6.45) is 0. The van der Waals surface area contributed by atoms with Crippen LogP contribution in [0.15, 0.2) is 0 Å². The molecule has 1 aliphatic heterocycles. The molecule has 0 unspecified atom stereocenters. The van der Waals surface area contributed by atoms with Crippen LogP contribution in [0.5, 0.6) is 0 Å². The van der Waals surface area contributed by atoms with Crippen LogP contribution in [0.3, 0.4) is 0 Å². The third-order valence-electron chi connectivity index (χ3n) is 1.60. The molecule has 0 atom stereocenters. The number of morpholine rings is 1. The van der Waals surface area contributed by atoms with E-state index in [9.17, 15) is 0 Å². The van der Waals surface area contributed by atoms with E-state index in [0.29, 0.717) is 6.61 Å². The summed E-state index contributed by atoms with van der Waals surface area (Å²) in [5, 5.41) is 8.04. The molecule has 0 aromatic carbocycles. The number of nitrogens with zero attached hydrogens (tertiary/aromatic N) is 1. The predicted octanol–water partition coefficient (Wildman–Crippen LogP) is -0.192. The molecule has 1 saturated heterocycles. The Balaban J connectivity index is 2.02. The lowest BCUT2D eigenvalue weighted by atomic mass is 10.4. The summed E-state index contributed by atoms with van der Waals surface area (Å²) in [6.45, 7) is 4.67. The highest BCUT2D eigenvalue weighted by atomic mass is 17.1. The van der Waals surface area contributed by atoms with Gasteiger partial charge < -0.3 is 4.74 Å². The molecule has 0 aliphatic carbocycles. The zero-order valence-corrected chi connectivity index (χ0v) is 5.95. The Morgan fingerprint density at radius 3 is 2.70 bits per heavy atom. The van der Waals surface area contributed by atoms with Gasteiger partial charge in [0.15, 0.2) is 0 Å². The second-order valence-corrected chi connectivity index (χ2v) is 2.29. The fourth-order valence-electron chi connectivity index (χ4n) is 0.995. The number of hydrogen-bond donors (Lipinski definition) is 1. The smallest absolute Gasteiger partial charge is 0.0946 e. The van der Waals surface area contributed by atoms with E-state index in [4.69, 9.17) is 9.99 Å².